The maximum Gasteiger partial charge on any atom is 0.309 e. The summed E-state index contributed by atoms with van der Waals surface area (Å²) in [6.45, 7) is 0. The van der Waals surface area contributed by atoms with E-state index in [0.717, 1.165) is 0 Å². The lowest BCUT2D eigenvalue weighted by atomic mass is 10.2. The third-order valence-corrected chi connectivity index (χ3v) is 6.88. The fourth-order valence-corrected chi connectivity index (χ4v) is 5.67. The van der Waals surface area contributed by atoms with Gasteiger partial charge in [0.2, 0.25) is 0 Å². The predicted molar refractivity (Wildman–Crippen MR) is 70.4 cm³/mol. The van der Waals surface area contributed by atoms with Gasteiger partial charge in [0, 0.05) is 12.1 Å². The van der Waals surface area contributed by atoms with Gasteiger partial charge in [0.15, 0.2) is 19.7 Å². The Hall–Kier alpha value is -1.16. The molecule has 0 aliphatic carbocycles. The molecule has 2 N–H and O–H groups in total. The molecule has 2 aliphatic rings. The van der Waals surface area contributed by atoms with Crippen molar-refractivity contribution in [1.82, 2.24) is 10.6 Å². The molecule has 8 nitrogen and oxygen atoms in total. The van der Waals surface area contributed by atoms with Gasteiger partial charge in [0.25, 0.3) is 0 Å². The number of amides is 2. The molecule has 2 rings (SSSR count). The van der Waals surface area contributed by atoms with Crippen LogP contribution in [0.15, 0.2) is 0 Å². The van der Waals surface area contributed by atoms with Crippen molar-refractivity contribution in [2.24, 2.45) is 0 Å². The molecule has 2 aliphatic heterocycles. The number of rotatable bonds is 2. The Morgan fingerprint density at radius 3 is 1.35 bits per heavy atom. The zero-order valence-electron chi connectivity index (χ0n) is 10.7. The lowest BCUT2D eigenvalue weighted by Gasteiger charge is -2.13. The van der Waals surface area contributed by atoms with E-state index in [0.29, 0.717) is 12.8 Å². The van der Waals surface area contributed by atoms with E-state index >= 15 is 0 Å². The molecule has 0 aromatic rings. The van der Waals surface area contributed by atoms with Gasteiger partial charge in [-0.1, -0.05) is 0 Å². The second-order valence-electron chi connectivity index (χ2n) is 5.15. The summed E-state index contributed by atoms with van der Waals surface area (Å²) in [6.07, 6.45) is 0.582. The van der Waals surface area contributed by atoms with Crippen LogP contribution in [0.1, 0.15) is 12.8 Å². The summed E-state index contributed by atoms with van der Waals surface area (Å²) in [5, 5.41) is 4.70. The molecular formula is C10H16N2O6S2. The summed E-state index contributed by atoms with van der Waals surface area (Å²) in [6, 6.07) is -1.10. The van der Waals surface area contributed by atoms with Crippen LogP contribution >= 0.6 is 0 Å². The van der Waals surface area contributed by atoms with Crippen LogP contribution in [0, 0.1) is 0 Å². The number of carbonyl (C=O) groups excluding carboxylic acids is 2. The minimum absolute atomic E-state index is 0.000431. The van der Waals surface area contributed by atoms with Crippen LogP contribution in [-0.4, -0.2) is 63.7 Å². The molecule has 10 heteroatoms. The summed E-state index contributed by atoms with van der Waals surface area (Å²) in [7, 11) is -6.26. The van der Waals surface area contributed by atoms with E-state index in [1.807, 2.05) is 0 Å². The molecule has 2 heterocycles. The van der Waals surface area contributed by atoms with Crippen LogP contribution < -0.4 is 10.6 Å². The fraction of sp³-hybridized carbons (Fsp3) is 0.800. The SMILES string of the molecule is O=C(NC1CCS(=O)(=O)C1)C(=O)NC1CCS(=O)(=O)C1. The zero-order chi connectivity index (χ0) is 15.0. The minimum Gasteiger partial charge on any atom is -0.344 e. The third kappa shape index (κ3) is 3.92. The van der Waals surface area contributed by atoms with Crippen LogP contribution in [-0.2, 0) is 29.3 Å². The van der Waals surface area contributed by atoms with E-state index in [1.165, 1.54) is 0 Å². The maximum atomic E-state index is 11.6. The average Bonchev–Trinajstić information content (AvgIpc) is 2.81. The van der Waals surface area contributed by atoms with Crippen molar-refractivity contribution >= 4 is 31.5 Å². The maximum absolute atomic E-state index is 11.6. The predicted octanol–water partition coefficient (Wildman–Crippen LogP) is -2.41. The molecular weight excluding hydrogens is 308 g/mol. The standard InChI is InChI=1S/C10H16N2O6S2/c13-9(11-7-1-3-19(15,16)5-7)10(14)12-8-2-4-20(17,18)6-8/h7-8H,1-6H2,(H,11,13)(H,12,14). The van der Waals surface area contributed by atoms with Crippen molar-refractivity contribution in [2.75, 3.05) is 23.0 Å². The smallest absolute Gasteiger partial charge is 0.309 e. The van der Waals surface area contributed by atoms with Crippen molar-refractivity contribution in [3.05, 3.63) is 0 Å². The first kappa shape index (κ1) is 15.2. The molecule has 2 atom stereocenters. The first-order valence-corrected chi connectivity index (χ1v) is 9.83. The van der Waals surface area contributed by atoms with Gasteiger partial charge in [-0.15, -0.1) is 0 Å². The summed E-state index contributed by atoms with van der Waals surface area (Å²) < 4.78 is 44.9. The highest BCUT2D eigenvalue weighted by atomic mass is 32.2. The number of nitrogens with one attached hydrogen (secondary N) is 2. The normalized spacial score (nSPS) is 30.8. The Kier molecular flexibility index (Phi) is 4.05. The minimum atomic E-state index is -3.13. The first-order chi connectivity index (χ1) is 9.17. The van der Waals surface area contributed by atoms with Gasteiger partial charge < -0.3 is 10.6 Å². The highest BCUT2D eigenvalue weighted by Gasteiger charge is 2.33. The molecule has 20 heavy (non-hydrogen) atoms. The van der Waals surface area contributed by atoms with Crippen molar-refractivity contribution < 1.29 is 26.4 Å². The van der Waals surface area contributed by atoms with Crippen LogP contribution in [0.3, 0.4) is 0 Å². The summed E-state index contributed by atoms with van der Waals surface area (Å²) in [5.41, 5.74) is 0. The molecule has 0 bridgehead atoms. The van der Waals surface area contributed by atoms with E-state index in [-0.39, 0.29) is 23.0 Å². The average molecular weight is 324 g/mol. The summed E-state index contributed by atoms with van der Waals surface area (Å²) in [5.74, 6) is -2.16. The second kappa shape index (κ2) is 5.32. The van der Waals surface area contributed by atoms with Crippen LogP contribution in [0.4, 0.5) is 0 Å². The number of hydrogen-bond acceptors (Lipinski definition) is 6. The topological polar surface area (TPSA) is 126 Å². The third-order valence-electron chi connectivity index (χ3n) is 3.34. The Morgan fingerprint density at radius 1 is 0.750 bits per heavy atom. The van der Waals surface area contributed by atoms with Crippen LogP contribution in [0.2, 0.25) is 0 Å². The number of sulfone groups is 2. The highest BCUT2D eigenvalue weighted by Crippen LogP contribution is 2.12. The number of carbonyl (C=O) groups is 2. The van der Waals surface area contributed by atoms with Gasteiger partial charge in [0.1, 0.15) is 0 Å². The molecule has 2 saturated heterocycles. The lowest BCUT2D eigenvalue weighted by molar-refractivity contribution is -0.139. The van der Waals surface area contributed by atoms with Crippen LogP contribution in [0.25, 0.3) is 0 Å². The Bertz CT molecular complexity index is 568. The van der Waals surface area contributed by atoms with Gasteiger partial charge in [-0.2, -0.15) is 0 Å². The molecule has 2 unspecified atom stereocenters. The van der Waals surface area contributed by atoms with Crippen molar-refractivity contribution in [3.63, 3.8) is 0 Å². The Morgan fingerprint density at radius 2 is 1.10 bits per heavy atom. The molecule has 0 aromatic heterocycles. The second-order valence-corrected chi connectivity index (χ2v) is 9.60. The first-order valence-electron chi connectivity index (χ1n) is 6.19. The van der Waals surface area contributed by atoms with E-state index < -0.39 is 43.6 Å². The molecule has 2 amide bonds. The molecule has 0 aromatic carbocycles. The van der Waals surface area contributed by atoms with Gasteiger partial charge in [-0.3, -0.25) is 9.59 Å². The largest absolute Gasteiger partial charge is 0.344 e. The molecule has 114 valence electrons. The number of hydrogen-bond donors (Lipinski definition) is 2. The van der Waals surface area contributed by atoms with Gasteiger partial charge in [-0.05, 0) is 12.8 Å². The fourth-order valence-electron chi connectivity index (χ4n) is 2.32. The molecule has 0 spiro atoms. The Balaban J connectivity index is 1.83. The van der Waals surface area contributed by atoms with Gasteiger partial charge in [0.05, 0.1) is 23.0 Å². The molecule has 0 saturated carbocycles. The van der Waals surface area contributed by atoms with E-state index in [1.54, 1.807) is 0 Å². The van der Waals surface area contributed by atoms with Crippen molar-refractivity contribution in [1.29, 1.82) is 0 Å². The van der Waals surface area contributed by atoms with Gasteiger partial charge in [-0.25, -0.2) is 16.8 Å². The van der Waals surface area contributed by atoms with Crippen molar-refractivity contribution in [3.8, 4) is 0 Å². The van der Waals surface area contributed by atoms with Crippen molar-refractivity contribution in [2.45, 2.75) is 24.9 Å². The van der Waals surface area contributed by atoms with Gasteiger partial charge >= 0.3 is 11.8 Å². The molecule has 0 radical (unpaired) electrons. The quantitative estimate of drug-likeness (QED) is 0.545. The van der Waals surface area contributed by atoms with E-state index in [9.17, 15) is 26.4 Å². The molecule has 2 fully saturated rings. The zero-order valence-corrected chi connectivity index (χ0v) is 12.3. The lowest BCUT2D eigenvalue weighted by Crippen LogP contribution is -2.48. The van der Waals surface area contributed by atoms with Crippen LogP contribution in [0.5, 0.6) is 0 Å². The van der Waals surface area contributed by atoms with E-state index in [2.05, 4.69) is 10.6 Å². The highest BCUT2D eigenvalue weighted by molar-refractivity contribution is 7.91. The summed E-state index contributed by atoms with van der Waals surface area (Å²) >= 11 is 0. The monoisotopic (exact) mass is 324 g/mol. The summed E-state index contributed by atoms with van der Waals surface area (Å²) in [4.78, 5) is 23.2. The Labute approximate surface area is 117 Å². The van der Waals surface area contributed by atoms with E-state index in [4.69, 9.17) is 0 Å².